The standard InChI is InChI=1S/C5H9OSi/c1-4-7(3,6)5-2/h4-5H,1-2H2,3H3. The first-order valence-electron chi connectivity index (χ1n) is 2.10. The van der Waals surface area contributed by atoms with Crippen molar-refractivity contribution in [1.29, 1.82) is 0 Å². The molecule has 0 N–H and O–H groups in total. The molecule has 0 bridgehead atoms. The van der Waals surface area contributed by atoms with Gasteiger partial charge in [0.2, 0.25) is 0 Å². The molecule has 0 saturated heterocycles. The maximum absolute atomic E-state index is 10.7. The molecule has 0 rings (SSSR count). The Morgan fingerprint density at radius 3 is 1.71 bits per heavy atom. The molecule has 0 aliphatic rings. The third kappa shape index (κ3) is 2.36. The minimum Gasteiger partial charge on any atom is -0.287 e. The molecule has 0 saturated carbocycles. The molecule has 0 aliphatic carbocycles. The first kappa shape index (κ1) is 6.66. The highest BCUT2D eigenvalue weighted by Gasteiger charge is 2.15. The minimum absolute atomic E-state index is 1.46. The molecule has 0 amide bonds. The fourth-order valence-electron chi connectivity index (χ4n) is 0.0833. The van der Waals surface area contributed by atoms with Crippen molar-refractivity contribution >= 4 is 8.32 Å². The van der Waals surface area contributed by atoms with E-state index in [4.69, 9.17) is 0 Å². The zero-order chi connectivity index (χ0) is 5.91. The van der Waals surface area contributed by atoms with E-state index in [0.717, 1.165) is 0 Å². The smallest absolute Gasteiger partial charge is 0.280 e. The summed E-state index contributed by atoms with van der Waals surface area (Å²) in [6, 6.07) is 0. The summed E-state index contributed by atoms with van der Waals surface area (Å²) in [5.74, 6) is 0. The van der Waals surface area contributed by atoms with Crippen LogP contribution in [0.2, 0.25) is 6.55 Å². The van der Waals surface area contributed by atoms with Crippen molar-refractivity contribution in [2.75, 3.05) is 0 Å². The maximum atomic E-state index is 10.7. The van der Waals surface area contributed by atoms with Crippen molar-refractivity contribution in [2.24, 2.45) is 0 Å². The molecule has 0 aliphatic heterocycles. The largest absolute Gasteiger partial charge is 0.287 e. The second kappa shape index (κ2) is 2.09. The monoisotopic (exact) mass is 113 g/mol. The topological polar surface area (TPSA) is 19.9 Å². The molecule has 7 heavy (non-hydrogen) atoms. The second-order valence-electron chi connectivity index (χ2n) is 1.59. The van der Waals surface area contributed by atoms with Crippen LogP contribution in [0.3, 0.4) is 0 Å². The third-order valence-corrected chi connectivity index (χ3v) is 2.43. The number of hydrogen-bond acceptors (Lipinski definition) is 0. The summed E-state index contributed by atoms with van der Waals surface area (Å²) in [4.78, 5) is 10.7. The van der Waals surface area contributed by atoms with Crippen molar-refractivity contribution in [3.8, 4) is 0 Å². The lowest BCUT2D eigenvalue weighted by Crippen LogP contribution is -2.20. The van der Waals surface area contributed by atoms with Gasteiger partial charge in [0, 0.05) is 0 Å². The van der Waals surface area contributed by atoms with Crippen LogP contribution in [0.25, 0.3) is 0 Å². The Bertz CT molecular complexity index is 76.1. The van der Waals surface area contributed by atoms with E-state index in [9.17, 15) is 4.80 Å². The minimum atomic E-state index is -2.37. The summed E-state index contributed by atoms with van der Waals surface area (Å²) >= 11 is 0. The van der Waals surface area contributed by atoms with Crippen LogP contribution in [0.1, 0.15) is 0 Å². The van der Waals surface area contributed by atoms with Crippen molar-refractivity contribution < 1.29 is 4.80 Å². The number of rotatable bonds is 2. The average Bonchev–Trinajstić information content (AvgIpc) is 1.68. The molecule has 2 heteroatoms. The van der Waals surface area contributed by atoms with Gasteiger partial charge < -0.3 is 0 Å². The molecular weight excluding hydrogens is 104 g/mol. The lowest BCUT2D eigenvalue weighted by atomic mass is 11.2. The van der Waals surface area contributed by atoms with Gasteiger partial charge in [-0.15, -0.1) is 13.2 Å². The summed E-state index contributed by atoms with van der Waals surface area (Å²) in [5.41, 5.74) is 2.92. The van der Waals surface area contributed by atoms with Gasteiger partial charge in [-0.05, 0) is 6.55 Å². The molecule has 0 fully saturated rings. The van der Waals surface area contributed by atoms with Crippen LogP contribution < -0.4 is 0 Å². The van der Waals surface area contributed by atoms with Gasteiger partial charge in [0.1, 0.15) is 0 Å². The Labute approximate surface area is 45.1 Å². The SMILES string of the molecule is C=C[Si](C)([O])C=C. The maximum Gasteiger partial charge on any atom is 0.280 e. The van der Waals surface area contributed by atoms with Gasteiger partial charge in [-0.1, -0.05) is 11.4 Å². The molecule has 0 aromatic rings. The van der Waals surface area contributed by atoms with E-state index >= 15 is 0 Å². The number of hydrogen-bond donors (Lipinski definition) is 0. The fourth-order valence-corrected chi connectivity index (χ4v) is 0.250. The summed E-state index contributed by atoms with van der Waals surface area (Å²) in [5, 5.41) is 0. The van der Waals surface area contributed by atoms with Crippen LogP contribution in [0, 0.1) is 0 Å². The van der Waals surface area contributed by atoms with E-state index in [1.165, 1.54) is 11.4 Å². The molecule has 0 unspecified atom stereocenters. The van der Waals surface area contributed by atoms with Crippen molar-refractivity contribution in [3.63, 3.8) is 0 Å². The predicted octanol–water partition coefficient (Wildman–Crippen LogP) is 1.44. The zero-order valence-electron chi connectivity index (χ0n) is 4.48. The third-order valence-electron chi connectivity index (χ3n) is 0.811. The van der Waals surface area contributed by atoms with Gasteiger partial charge in [0.15, 0.2) is 0 Å². The van der Waals surface area contributed by atoms with E-state index in [0.29, 0.717) is 0 Å². The summed E-state index contributed by atoms with van der Waals surface area (Å²) in [6.45, 7) is 8.41. The van der Waals surface area contributed by atoms with Gasteiger partial charge >= 0.3 is 0 Å². The van der Waals surface area contributed by atoms with Gasteiger partial charge in [-0.2, -0.15) is 0 Å². The summed E-state index contributed by atoms with van der Waals surface area (Å²) < 4.78 is 0. The van der Waals surface area contributed by atoms with Crippen LogP contribution >= 0.6 is 0 Å². The average molecular weight is 113 g/mol. The highest BCUT2D eigenvalue weighted by atomic mass is 28.4. The lowest BCUT2D eigenvalue weighted by molar-refractivity contribution is 0.447. The van der Waals surface area contributed by atoms with Gasteiger partial charge in [-0.3, -0.25) is 4.80 Å². The van der Waals surface area contributed by atoms with E-state index in [2.05, 4.69) is 13.2 Å². The van der Waals surface area contributed by atoms with Crippen LogP contribution in [0.5, 0.6) is 0 Å². The van der Waals surface area contributed by atoms with Gasteiger partial charge in [0.05, 0.1) is 0 Å². The molecule has 0 aromatic heterocycles. The van der Waals surface area contributed by atoms with Crippen molar-refractivity contribution in [1.82, 2.24) is 0 Å². The predicted molar refractivity (Wildman–Crippen MR) is 32.7 cm³/mol. The van der Waals surface area contributed by atoms with Gasteiger partial charge in [0.25, 0.3) is 8.32 Å². The molecule has 0 spiro atoms. The van der Waals surface area contributed by atoms with Crippen molar-refractivity contribution in [2.45, 2.75) is 6.55 Å². The van der Waals surface area contributed by atoms with Crippen LogP contribution in [-0.2, 0) is 4.80 Å². The Hall–Kier alpha value is -0.343. The Morgan fingerprint density at radius 2 is 1.71 bits per heavy atom. The Balaban J connectivity index is 3.82. The summed E-state index contributed by atoms with van der Waals surface area (Å²) in [7, 11) is -2.37. The fraction of sp³-hybridized carbons (Fsp3) is 0.200. The van der Waals surface area contributed by atoms with Crippen LogP contribution in [0.4, 0.5) is 0 Å². The van der Waals surface area contributed by atoms with Gasteiger partial charge in [-0.25, -0.2) is 0 Å². The first-order chi connectivity index (χ1) is 3.12. The molecular formula is C5H9OSi. The normalized spacial score (nSPS) is 10.6. The second-order valence-corrected chi connectivity index (χ2v) is 4.78. The van der Waals surface area contributed by atoms with Crippen LogP contribution in [0.15, 0.2) is 24.6 Å². The highest BCUT2D eigenvalue weighted by molar-refractivity contribution is 6.80. The molecule has 1 nitrogen and oxygen atoms in total. The molecule has 1 radical (unpaired) electrons. The Kier molecular flexibility index (Phi) is 1.99. The molecule has 0 aromatic carbocycles. The van der Waals surface area contributed by atoms with E-state index in [-0.39, 0.29) is 0 Å². The summed E-state index contributed by atoms with van der Waals surface area (Å²) in [6.07, 6.45) is 0. The molecule has 0 heterocycles. The highest BCUT2D eigenvalue weighted by Crippen LogP contribution is 1.97. The zero-order valence-corrected chi connectivity index (χ0v) is 5.48. The quantitative estimate of drug-likeness (QED) is 0.483. The van der Waals surface area contributed by atoms with E-state index in [1.54, 1.807) is 6.55 Å². The first-order valence-corrected chi connectivity index (χ1v) is 4.66. The van der Waals surface area contributed by atoms with Crippen molar-refractivity contribution in [3.05, 3.63) is 24.6 Å². The van der Waals surface area contributed by atoms with E-state index < -0.39 is 8.32 Å². The molecule has 39 valence electrons. The Morgan fingerprint density at radius 1 is 1.43 bits per heavy atom. The van der Waals surface area contributed by atoms with Crippen LogP contribution in [-0.4, -0.2) is 8.32 Å². The lowest BCUT2D eigenvalue weighted by Gasteiger charge is -2.00. The molecule has 0 atom stereocenters. The van der Waals surface area contributed by atoms with E-state index in [1.807, 2.05) is 0 Å².